The van der Waals surface area contributed by atoms with E-state index in [2.05, 4.69) is 26.0 Å². The largest absolute Gasteiger partial charge is 0.479 e. The van der Waals surface area contributed by atoms with Gasteiger partial charge in [-0.3, -0.25) is 14.9 Å². The van der Waals surface area contributed by atoms with Gasteiger partial charge >= 0.3 is 11.7 Å². The van der Waals surface area contributed by atoms with Crippen molar-refractivity contribution in [3.63, 3.8) is 0 Å². The smallest absolute Gasteiger partial charge is 0.341 e. The molecule has 10 nitrogen and oxygen atoms in total. The van der Waals surface area contributed by atoms with Crippen LogP contribution in [0.1, 0.15) is 11.4 Å². The highest BCUT2D eigenvalue weighted by molar-refractivity contribution is 9.10. The van der Waals surface area contributed by atoms with Gasteiger partial charge in [-0.15, -0.1) is 0 Å². The first-order chi connectivity index (χ1) is 14.2. The number of aromatic nitrogens is 2. The second-order valence-corrected chi connectivity index (χ2v) is 7.32. The maximum absolute atomic E-state index is 12.8. The zero-order valence-electron chi connectivity index (χ0n) is 15.2. The van der Waals surface area contributed by atoms with Crippen LogP contribution in [0.2, 0.25) is 5.02 Å². The van der Waals surface area contributed by atoms with Crippen LogP contribution < -0.4 is 10.3 Å². The fourth-order valence-corrected chi connectivity index (χ4v) is 3.22. The predicted molar refractivity (Wildman–Crippen MR) is 113 cm³/mol. The van der Waals surface area contributed by atoms with Crippen LogP contribution in [0.4, 0.5) is 5.69 Å². The van der Waals surface area contributed by atoms with Gasteiger partial charge in [0, 0.05) is 21.1 Å². The summed E-state index contributed by atoms with van der Waals surface area (Å²) in [5.41, 5.74) is -0.485. The summed E-state index contributed by atoms with van der Waals surface area (Å²) in [6.07, 6.45) is 1.12. The molecule has 30 heavy (non-hydrogen) atoms. The van der Waals surface area contributed by atoms with Crippen LogP contribution in [-0.2, 0) is 4.79 Å². The number of ether oxygens (including phenoxy) is 1. The molecule has 154 valence electrons. The third kappa shape index (κ3) is 4.47. The van der Waals surface area contributed by atoms with E-state index >= 15 is 0 Å². The Morgan fingerprint density at radius 2 is 2.17 bits per heavy atom. The van der Waals surface area contributed by atoms with E-state index in [1.165, 1.54) is 6.07 Å². The summed E-state index contributed by atoms with van der Waals surface area (Å²) >= 11 is 9.24. The van der Waals surface area contributed by atoms with E-state index in [-0.39, 0.29) is 22.2 Å². The van der Waals surface area contributed by atoms with Gasteiger partial charge in [0.25, 0.3) is 5.56 Å². The summed E-state index contributed by atoms with van der Waals surface area (Å²) < 4.78 is 6.78. The third-order valence-corrected chi connectivity index (χ3v) is 4.59. The Labute approximate surface area is 181 Å². The van der Waals surface area contributed by atoms with E-state index in [9.17, 15) is 19.7 Å². The fraction of sp³-hybridized carbons (Fsp3) is 0.111. The minimum absolute atomic E-state index is 0.00969. The monoisotopic (exact) mass is 494 g/mol. The Hall–Kier alpha value is -3.31. The fourth-order valence-electron chi connectivity index (χ4n) is 2.64. The van der Waals surface area contributed by atoms with Gasteiger partial charge in [-0.1, -0.05) is 27.5 Å². The first-order valence-corrected chi connectivity index (χ1v) is 9.40. The number of hydrogen-bond acceptors (Lipinski definition) is 7. The van der Waals surface area contributed by atoms with Crippen LogP contribution in [0, 0.1) is 17.0 Å². The molecule has 0 aliphatic rings. The molecule has 3 aromatic rings. The van der Waals surface area contributed by atoms with Gasteiger partial charge in [-0.2, -0.15) is 9.78 Å². The van der Waals surface area contributed by atoms with Crippen molar-refractivity contribution in [2.24, 2.45) is 5.10 Å². The van der Waals surface area contributed by atoms with Crippen molar-refractivity contribution in [3.8, 4) is 5.75 Å². The normalized spacial score (nSPS) is 11.2. The van der Waals surface area contributed by atoms with Gasteiger partial charge in [0.15, 0.2) is 6.61 Å². The van der Waals surface area contributed by atoms with Crippen LogP contribution in [0.25, 0.3) is 10.9 Å². The average molecular weight is 496 g/mol. The molecule has 0 aliphatic heterocycles. The van der Waals surface area contributed by atoms with Crippen LogP contribution in [-0.4, -0.2) is 38.5 Å². The SMILES string of the molecule is Cc1nc2ccc(Br)cc2c(=O)n1N=Cc1cc(Cl)cc([N+](=O)[O-])c1OCC(=O)O. The molecule has 0 bridgehead atoms. The summed E-state index contributed by atoms with van der Waals surface area (Å²) in [6, 6.07) is 7.37. The topological polar surface area (TPSA) is 137 Å². The van der Waals surface area contributed by atoms with Gasteiger partial charge < -0.3 is 9.84 Å². The lowest BCUT2D eigenvalue weighted by atomic mass is 10.2. The quantitative estimate of drug-likeness (QED) is 0.314. The molecule has 0 radical (unpaired) electrons. The predicted octanol–water partition coefficient (Wildman–Crippen LogP) is 3.37. The lowest BCUT2D eigenvalue weighted by Gasteiger charge is -2.09. The lowest BCUT2D eigenvalue weighted by molar-refractivity contribution is -0.385. The number of aryl methyl sites for hydroxylation is 1. The standard InChI is InChI=1S/C18H12BrClN4O6/c1-9-22-14-3-2-11(19)5-13(14)18(27)23(9)21-7-10-4-12(20)6-15(24(28)29)17(10)30-8-16(25)26/h2-7H,8H2,1H3,(H,25,26). The van der Waals surface area contributed by atoms with Crippen molar-refractivity contribution in [2.75, 3.05) is 6.61 Å². The molecule has 1 aromatic heterocycles. The molecule has 3 rings (SSSR count). The molecular weight excluding hydrogens is 484 g/mol. The number of halogens is 2. The van der Waals surface area contributed by atoms with Crippen molar-refractivity contribution in [3.05, 3.63) is 71.7 Å². The zero-order valence-corrected chi connectivity index (χ0v) is 17.5. The van der Waals surface area contributed by atoms with Gasteiger partial charge in [0.1, 0.15) is 5.82 Å². The summed E-state index contributed by atoms with van der Waals surface area (Å²) in [6.45, 7) is 0.760. The molecule has 0 saturated heterocycles. The average Bonchev–Trinajstić information content (AvgIpc) is 2.67. The Kier molecular flexibility index (Phi) is 6.13. The van der Waals surface area contributed by atoms with Crippen LogP contribution in [0.5, 0.6) is 5.75 Å². The number of hydrogen-bond donors (Lipinski definition) is 1. The summed E-state index contributed by atoms with van der Waals surface area (Å²) in [7, 11) is 0. The van der Waals surface area contributed by atoms with Crippen molar-refractivity contribution >= 4 is 56.3 Å². The van der Waals surface area contributed by atoms with E-state index in [4.69, 9.17) is 21.4 Å². The molecule has 0 saturated carbocycles. The van der Waals surface area contributed by atoms with Gasteiger partial charge in [0.05, 0.1) is 22.0 Å². The highest BCUT2D eigenvalue weighted by atomic mass is 79.9. The van der Waals surface area contributed by atoms with Crippen molar-refractivity contribution in [2.45, 2.75) is 6.92 Å². The minimum Gasteiger partial charge on any atom is -0.479 e. The molecule has 0 aliphatic carbocycles. The van der Waals surface area contributed by atoms with Crippen LogP contribution in [0.3, 0.4) is 0 Å². The van der Waals surface area contributed by atoms with E-state index in [0.29, 0.717) is 15.4 Å². The number of benzene rings is 2. The first kappa shape index (κ1) is 21.4. The highest BCUT2D eigenvalue weighted by Crippen LogP contribution is 2.33. The van der Waals surface area contributed by atoms with E-state index < -0.39 is 28.7 Å². The number of fused-ring (bicyclic) bond motifs is 1. The zero-order chi connectivity index (χ0) is 22.0. The molecular formula is C18H12BrClN4O6. The Morgan fingerprint density at radius 3 is 2.83 bits per heavy atom. The molecule has 12 heteroatoms. The van der Waals surface area contributed by atoms with Gasteiger partial charge in [0.2, 0.25) is 5.75 Å². The van der Waals surface area contributed by atoms with Gasteiger partial charge in [-0.25, -0.2) is 9.78 Å². The molecule has 1 N–H and O–H groups in total. The molecule has 0 atom stereocenters. The number of nitro groups is 1. The van der Waals surface area contributed by atoms with Gasteiger partial charge in [-0.05, 0) is 31.2 Å². The highest BCUT2D eigenvalue weighted by Gasteiger charge is 2.21. The molecule has 2 aromatic carbocycles. The lowest BCUT2D eigenvalue weighted by Crippen LogP contribution is -2.20. The second kappa shape index (κ2) is 8.59. The molecule has 1 heterocycles. The van der Waals surface area contributed by atoms with Crippen LogP contribution >= 0.6 is 27.5 Å². The number of carboxylic acid groups (broad SMARTS) is 1. The molecule has 0 unspecified atom stereocenters. The van der Waals surface area contributed by atoms with Crippen molar-refractivity contribution < 1.29 is 19.6 Å². The Balaban J connectivity index is 2.15. The summed E-state index contributed by atoms with van der Waals surface area (Å²) in [4.78, 5) is 38.6. The third-order valence-electron chi connectivity index (χ3n) is 3.88. The molecule has 0 spiro atoms. The summed E-state index contributed by atoms with van der Waals surface area (Å²) in [5.74, 6) is -1.38. The minimum atomic E-state index is -1.32. The van der Waals surface area contributed by atoms with Crippen LogP contribution in [0.15, 0.2) is 44.7 Å². The number of carbonyl (C=O) groups is 1. The van der Waals surface area contributed by atoms with Crippen molar-refractivity contribution in [1.29, 1.82) is 0 Å². The maximum Gasteiger partial charge on any atom is 0.341 e. The first-order valence-electron chi connectivity index (χ1n) is 8.23. The van der Waals surface area contributed by atoms with E-state index in [1.54, 1.807) is 25.1 Å². The number of nitro benzene ring substituents is 1. The number of nitrogens with zero attached hydrogens (tertiary/aromatic N) is 4. The second-order valence-electron chi connectivity index (χ2n) is 5.96. The molecule has 0 amide bonds. The molecule has 0 fully saturated rings. The summed E-state index contributed by atoms with van der Waals surface area (Å²) in [5, 5.41) is 24.6. The van der Waals surface area contributed by atoms with Crippen molar-refractivity contribution in [1.82, 2.24) is 9.66 Å². The number of carboxylic acids is 1. The maximum atomic E-state index is 12.8. The van der Waals surface area contributed by atoms with E-state index in [1.807, 2.05) is 0 Å². The van der Waals surface area contributed by atoms with E-state index in [0.717, 1.165) is 17.0 Å². The number of rotatable bonds is 6. The number of aliphatic carboxylic acids is 1. The Morgan fingerprint density at radius 1 is 1.43 bits per heavy atom. The Bertz CT molecular complexity index is 1270.